The summed E-state index contributed by atoms with van der Waals surface area (Å²) in [6.07, 6.45) is 5.43. The topological polar surface area (TPSA) is 34.1 Å². The quantitative estimate of drug-likeness (QED) is 0.840. The molecule has 1 aliphatic carbocycles. The highest BCUT2D eigenvalue weighted by molar-refractivity contribution is 5.26. The summed E-state index contributed by atoms with van der Waals surface area (Å²) in [5.41, 5.74) is 2.64. The number of pyridine rings is 1. The van der Waals surface area contributed by atoms with E-state index >= 15 is 0 Å². The van der Waals surface area contributed by atoms with Crippen molar-refractivity contribution in [3.63, 3.8) is 0 Å². The first-order valence-corrected chi connectivity index (χ1v) is 6.90. The van der Waals surface area contributed by atoms with Gasteiger partial charge >= 0.3 is 0 Å². The molecule has 0 atom stereocenters. The highest BCUT2D eigenvalue weighted by Gasteiger charge is 2.34. The monoisotopic (exact) mass is 248 g/mol. The zero-order chi connectivity index (χ0) is 13.0. The Morgan fingerprint density at radius 1 is 1.39 bits per heavy atom. The van der Waals surface area contributed by atoms with Gasteiger partial charge in [0.25, 0.3) is 0 Å². The number of ether oxygens (including phenoxy) is 1. The number of aryl methyl sites for hydroxylation is 1. The third-order valence-electron chi connectivity index (χ3n) is 4.19. The molecule has 1 N–H and O–H groups in total. The SMILES string of the molecule is CCC1(CNCc2cc(OC)cc(C)n2)CCC1. The summed E-state index contributed by atoms with van der Waals surface area (Å²) >= 11 is 0. The molecular formula is C15H24N2O. The first-order valence-electron chi connectivity index (χ1n) is 6.90. The molecule has 18 heavy (non-hydrogen) atoms. The molecule has 1 aromatic rings. The Morgan fingerprint density at radius 2 is 2.17 bits per heavy atom. The van der Waals surface area contributed by atoms with Crippen LogP contribution in [-0.2, 0) is 6.54 Å². The van der Waals surface area contributed by atoms with Crippen LogP contribution in [0.15, 0.2) is 12.1 Å². The third kappa shape index (κ3) is 3.02. The lowest BCUT2D eigenvalue weighted by Crippen LogP contribution is -2.39. The van der Waals surface area contributed by atoms with Crippen LogP contribution in [0.25, 0.3) is 0 Å². The Morgan fingerprint density at radius 3 is 2.72 bits per heavy atom. The summed E-state index contributed by atoms with van der Waals surface area (Å²) in [4.78, 5) is 4.53. The average Bonchev–Trinajstić information content (AvgIpc) is 2.32. The molecule has 1 aliphatic rings. The van der Waals surface area contributed by atoms with Crippen molar-refractivity contribution in [2.24, 2.45) is 5.41 Å². The molecule has 0 amide bonds. The van der Waals surface area contributed by atoms with Gasteiger partial charge in [0.15, 0.2) is 0 Å². The molecule has 1 fully saturated rings. The van der Waals surface area contributed by atoms with Crippen molar-refractivity contribution in [2.45, 2.75) is 46.1 Å². The molecule has 0 spiro atoms. The van der Waals surface area contributed by atoms with Crippen molar-refractivity contribution in [3.05, 3.63) is 23.5 Å². The number of nitrogens with one attached hydrogen (secondary N) is 1. The molecule has 1 aromatic heterocycles. The van der Waals surface area contributed by atoms with Crippen LogP contribution in [0.4, 0.5) is 0 Å². The van der Waals surface area contributed by atoms with E-state index in [1.165, 1.54) is 25.7 Å². The van der Waals surface area contributed by atoms with Crippen molar-refractivity contribution in [1.82, 2.24) is 10.3 Å². The van der Waals surface area contributed by atoms with Gasteiger partial charge in [0.2, 0.25) is 0 Å². The minimum absolute atomic E-state index is 0.563. The van der Waals surface area contributed by atoms with Crippen LogP contribution in [-0.4, -0.2) is 18.6 Å². The summed E-state index contributed by atoms with van der Waals surface area (Å²) < 4.78 is 5.27. The van der Waals surface area contributed by atoms with Crippen molar-refractivity contribution >= 4 is 0 Å². The molecule has 100 valence electrons. The first-order chi connectivity index (χ1) is 8.67. The van der Waals surface area contributed by atoms with Gasteiger partial charge in [-0.15, -0.1) is 0 Å². The Balaban J connectivity index is 1.88. The zero-order valence-corrected chi connectivity index (χ0v) is 11.8. The highest BCUT2D eigenvalue weighted by Crippen LogP contribution is 2.43. The molecule has 0 saturated heterocycles. The van der Waals surface area contributed by atoms with Gasteiger partial charge in [-0.05, 0) is 31.6 Å². The normalized spacial score (nSPS) is 17.3. The van der Waals surface area contributed by atoms with Crippen molar-refractivity contribution < 1.29 is 4.74 Å². The Labute approximate surface area is 110 Å². The fraction of sp³-hybridized carbons (Fsp3) is 0.667. The van der Waals surface area contributed by atoms with E-state index in [2.05, 4.69) is 17.2 Å². The van der Waals surface area contributed by atoms with Gasteiger partial charge in [-0.1, -0.05) is 13.3 Å². The smallest absolute Gasteiger partial charge is 0.122 e. The van der Waals surface area contributed by atoms with Crippen molar-refractivity contribution in [1.29, 1.82) is 0 Å². The van der Waals surface area contributed by atoms with Crippen LogP contribution in [0.5, 0.6) is 5.75 Å². The number of rotatable bonds is 6. The van der Waals surface area contributed by atoms with Crippen LogP contribution >= 0.6 is 0 Å². The maximum atomic E-state index is 5.27. The molecule has 2 rings (SSSR count). The second-order valence-electron chi connectivity index (χ2n) is 5.45. The van der Waals surface area contributed by atoms with Crippen LogP contribution in [0, 0.1) is 12.3 Å². The van der Waals surface area contributed by atoms with Gasteiger partial charge in [0.05, 0.1) is 12.8 Å². The van der Waals surface area contributed by atoms with Gasteiger partial charge < -0.3 is 10.1 Å². The Bertz CT molecular complexity index is 394. The van der Waals surface area contributed by atoms with Crippen LogP contribution in [0.2, 0.25) is 0 Å². The zero-order valence-electron chi connectivity index (χ0n) is 11.8. The predicted molar refractivity (Wildman–Crippen MR) is 73.8 cm³/mol. The molecule has 1 heterocycles. The maximum absolute atomic E-state index is 5.27. The number of methoxy groups -OCH3 is 1. The molecule has 3 nitrogen and oxygen atoms in total. The number of hydrogen-bond donors (Lipinski definition) is 1. The highest BCUT2D eigenvalue weighted by atomic mass is 16.5. The Kier molecular flexibility index (Phi) is 4.23. The lowest BCUT2D eigenvalue weighted by Gasteiger charge is -2.41. The largest absolute Gasteiger partial charge is 0.497 e. The summed E-state index contributed by atoms with van der Waals surface area (Å²) in [6, 6.07) is 3.97. The summed E-state index contributed by atoms with van der Waals surface area (Å²) in [5, 5.41) is 3.56. The van der Waals surface area contributed by atoms with E-state index in [1.54, 1.807) is 7.11 Å². The lowest BCUT2D eigenvalue weighted by atomic mass is 9.67. The lowest BCUT2D eigenvalue weighted by molar-refractivity contribution is 0.123. The van der Waals surface area contributed by atoms with Crippen molar-refractivity contribution in [2.75, 3.05) is 13.7 Å². The van der Waals surface area contributed by atoms with E-state index in [4.69, 9.17) is 4.74 Å². The molecular weight excluding hydrogens is 224 g/mol. The fourth-order valence-corrected chi connectivity index (χ4v) is 2.70. The van der Waals surface area contributed by atoms with Gasteiger partial charge in [-0.3, -0.25) is 4.98 Å². The number of hydrogen-bond acceptors (Lipinski definition) is 3. The maximum Gasteiger partial charge on any atom is 0.122 e. The molecule has 0 aliphatic heterocycles. The second kappa shape index (κ2) is 5.70. The molecule has 1 saturated carbocycles. The van der Waals surface area contributed by atoms with Gasteiger partial charge in [-0.2, -0.15) is 0 Å². The minimum atomic E-state index is 0.563. The number of nitrogens with zero attached hydrogens (tertiary/aromatic N) is 1. The standard InChI is InChI=1S/C15H24N2O/c1-4-15(6-5-7-15)11-16-10-13-9-14(18-3)8-12(2)17-13/h8-9,16H,4-7,10-11H2,1-3H3. The van der Waals surface area contributed by atoms with Gasteiger partial charge in [-0.25, -0.2) is 0 Å². The molecule has 0 bridgehead atoms. The molecule has 0 radical (unpaired) electrons. The Hall–Kier alpha value is -1.09. The van der Waals surface area contributed by atoms with Gasteiger partial charge in [0, 0.05) is 30.9 Å². The fourth-order valence-electron chi connectivity index (χ4n) is 2.70. The van der Waals surface area contributed by atoms with E-state index in [9.17, 15) is 0 Å². The van der Waals surface area contributed by atoms with E-state index in [0.717, 1.165) is 30.2 Å². The minimum Gasteiger partial charge on any atom is -0.497 e. The molecule has 0 aromatic carbocycles. The van der Waals surface area contributed by atoms with Crippen LogP contribution in [0.1, 0.15) is 44.0 Å². The summed E-state index contributed by atoms with van der Waals surface area (Å²) in [6.45, 7) is 6.25. The summed E-state index contributed by atoms with van der Waals surface area (Å²) in [5.74, 6) is 0.896. The predicted octanol–water partition coefficient (Wildman–Crippen LogP) is 3.07. The van der Waals surface area contributed by atoms with E-state index < -0.39 is 0 Å². The summed E-state index contributed by atoms with van der Waals surface area (Å²) in [7, 11) is 1.70. The van der Waals surface area contributed by atoms with Crippen LogP contribution < -0.4 is 10.1 Å². The van der Waals surface area contributed by atoms with E-state index in [-0.39, 0.29) is 0 Å². The third-order valence-corrected chi connectivity index (χ3v) is 4.19. The van der Waals surface area contributed by atoms with Gasteiger partial charge in [0.1, 0.15) is 5.75 Å². The van der Waals surface area contributed by atoms with Crippen molar-refractivity contribution in [3.8, 4) is 5.75 Å². The second-order valence-corrected chi connectivity index (χ2v) is 5.45. The van der Waals surface area contributed by atoms with E-state index in [1.807, 2.05) is 19.1 Å². The van der Waals surface area contributed by atoms with Crippen LogP contribution in [0.3, 0.4) is 0 Å². The first kappa shape index (κ1) is 13.3. The van der Waals surface area contributed by atoms with E-state index in [0.29, 0.717) is 5.41 Å². The number of aromatic nitrogens is 1. The molecule has 3 heteroatoms. The molecule has 0 unspecified atom stereocenters. The average molecular weight is 248 g/mol.